The average molecular weight is 608 g/mol. The molecule has 1 aliphatic rings. The van der Waals surface area contributed by atoms with Gasteiger partial charge in [0.25, 0.3) is 0 Å². The minimum Gasteiger partial charge on any atom is -0.497 e. The maximum Gasteiger partial charge on any atom is 0.363 e. The molecule has 0 bridgehead atoms. The summed E-state index contributed by atoms with van der Waals surface area (Å²) >= 11 is 0. The summed E-state index contributed by atoms with van der Waals surface area (Å²) in [7, 11) is 1.58. The minimum absolute atomic E-state index is 0.0480. The summed E-state index contributed by atoms with van der Waals surface area (Å²) in [6.07, 6.45) is 3.42. The Morgan fingerprint density at radius 2 is 1.64 bits per heavy atom. The van der Waals surface area contributed by atoms with Crippen molar-refractivity contribution >= 4 is 30.0 Å². The molecular formula is C34H45N3O7. The topological polar surface area (TPSA) is 122 Å². The van der Waals surface area contributed by atoms with Gasteiger partial charge in [-0.2, -0.15) is 5.06 Å². The molecule has 1 aliphatic heterocycles. The number of amides is 3. The van der Waals surface area contributed by atoms with Crippen LogP contribution in [0.25, 0.3) is 0 Å². The van der Waals surface area contributed by atoms with Crippen LogP contribution < -0.4 is 10.1 Å². The van der Waals surface area contributed by atoms with Crippen LogP contribution in [0.1, 0.15) is 80.5 Å². The van der Waals surface area contributed by atoms with Crippen molar-refractivity contribution < 1.29 is 33.5 Å². The number of ether oxygens (including phenoxy) is 1. The number of carbonyl (C=O) groups is 5. The van der Waals surface area contributed by atoms with Gasteiger partial charge in [0.05, 0.1) is 25.1 Å². The number of hydrogen-bond acceptors (Lipinski definition) is 7. The largest absolute Gasteiger partial charge is 0.497 e. The highest BCUT2D eigenvalue weighted by Gasteiger charge is 2.39. The van der Waals surface area contributed by atoms with Crippen molar-refractivity contribution in [1.82, 2.24) is 15.3 Å². The molecule has 238 valence electrons. The number of hydroxylamine groups is 2. The Morgan fingerprint density at radius 3 is 2.18 bits per heavy atom. The van der Waals surface area contributed by atoms with Crippen molar-refractivity contribution in [1.29, 1.82) is 0 Å². The fraction of sp³-hybridized carbons (Fsp3) is 0.500. The Balaban J connectivity index is 1.66. The Morgan fingerprint density at radius 1 is 1.00 bits per heavy atom. The Hall–Kier alpha value is -4.21. The number of benzene rings is 2. The molecule has 0 saturated carbocycles. The van der Waals surface area contributed by atoms with Gasteiger partial charge in [-0.3, -0.25) is 19.2 Å². The summed E-state index contributed by atoms with van der Waals surface area (Å²) in [6.45, 7) is 8.32. The lowest BCUT2D eigenvalue weighted by Gasteiger charge is -2.38. The van der Waals surface area contributed by atoms with Crippen LogP contribution >= 0.6 is 0 Å². The highest BCUT2D eigenvalue weighted by Crippen LogP contribution is 2.27. The average Bonchev–Trinajstić information content (AvgIpc) is 3.04. The van der Waals surface area contributed by atoms with Crippen LogP contribution in [-0.2, 0) is 19.2 Å². The molecule has 2 atom stereocenters. The van der Waals surface area contributed by atoms with E-state index in [9.17, 15) is 24.0 Å². The molecule has 3 amide bonds. The van der Waals surface area contributed by atoms with Crippen molar-refractivity contribution in [3.63, 3.8) is 0 Å². The highest BCUT2D eigenvalue weighted by molar-refractivity contribution is 5.98. The van der Waals surface area contributed by atoms with Crippen LogP contribution in [0.3, 0.4) is 0 Å². The molecule has 1 heterocycles. The highest BCUT2D eigenvalue weighted by atomic mass is 16.7. The van der Waals surface area contributed by atoms with Gasteiger partial charge in [0.1, 0.15) is 11.8 Å². The van der Waals surface area contributed by atoms with E-state index in [4.69, 9.17) is 9.57 Å². The maximum absolute atomic E-state index is 13.8. The third kappa shape index (κ3) is 9.39. The number of ketones is 1. The van der Waals surface area contributed by atoms with Gasteiger partial charge in [0.15, 0.2) is 5.78 Å². The fourth-order valence-corrected chi connectivity index (χ4v) is 5.25. The monoisotopic (exact) mass is 607 g/mol. The van der Waals surface area contributed by atoms with Gasteiger partial charge in [0, 0.05) is 24.6 Å². The molecule has 0 aliphatic carbocycles. The Kier molecular flexibility index (Phi) is 12.5. The van der Waals surface area contributed by atoms with Crippen LogP contribution in [-0.4, -0.2) is 72.7 Å². The quantitative estimate of drug-likeness (QED) is 0.188. The van der Waals surface area contributed by atoms with E-state index in [0.29, 0.717) is 56.5 Å². The number of unbranched alkanes of at least 4 members (excludes halogenated alkanes) is 1. The second-order valence-electron chi connectivity index (χ2n) is 12.3. The first-order valence-electron chi connectivity index (χ1n) is 15.2. The standard InChI is InChI=1S/C34H45N3O7/c1-6-7-11-27(22-37(23-38)44-33(42)26-12-9-8-10-13-26)31(40)35-30(34(2,3)4)32(41)36-20-18-25(19-21-36)29(39)24-14-16-28(43-5)17-15-24/h8-10,12-17,23,25,27,30H,6-7,11,18-22H2,1-5H3,(H,35,40)/t27-,30-/m1/s1. The number of carbonyl (C=O) groups excluding carboxylic acids is 5. The van der Waals surface area contributed by atoms with E-state index in [-0.39, 0.29) is 35.6 Å². The van der Waals surface area contributed by atoms with Crippen molar-refractivity contribution in [3.8, 4) is 5.75 Å². The van der Waals surface area contributed by atoms with E-state index in [1.54, 1.807) is 66.6 Å². The predicted octanol–water partition coefficient (Wildman–Crippen LogP) is 4.68. The van der Waals surface area contributed by atoms with E-state index in [2.05, 4.69) is 5.32 Å². The molecule has 0 radical (unpaired) electrons. The molecule has 0 aromatic heterocycles. The summed E-state index contributed by atoms with van der Waals surface area (Å²) in [5.74, 6) is -1.47. The molecule has 1 N–H and O–H groups in total. The SMILES string of the molecule is CCCC[C@H](CN(C=O)OC(=O)c1ccccc1)C(=O)N[C@H](C(=O)N1CCC(C(=O)c2ccc(OC)cc2)CC1)C(C)(C)C. The summed E-state index contributed by atoms with van der Waals surface area (Å²) in [5.41, 5.74) is 0.288. The third-order valence-corrected chi connectivity index (χ3v) is 7.96. The first-order chi connectivity index (χ1) is 21.0. The van der Waals surface area contributed by atoms with Gasteiger partial charge in [-0.25, -0.2) is 4.79 Å². The molecular weight excluding hydrogens is 562 g/mol. The number of piperidine rings is 1. The number of likely N-dealkylation sites (tertiary alicyclic amines) is 1. The van der Waals surface area contributed by atoms with Gasteiger partial charge in [-0.05, 0) is 61.1 Å². The molecule has 3 rings (SSSR count). The van der Waals surface area contributed by atoms with Gasteiger partial charge in [-0.1, -0.05) is 58.7 Å². The number of nitrogens with one attached hydrogen (secondary N) is 1. The zero-order valence-electron chi connectivity index (χ0n) is 26.4. The second-order valence-corrected chi connectivity index (χ2v) is 12.3. The molecule has 10 heteroatoms. The first kappa shape index (κ1) is 34.3. The van der Waals surface area contributed by atoms with E-state index < -0.39 is 23.3 Å². The number of hydrogen-bond donors (Lipinski definition) is 1. The van der Waals surface area contributed by atoms with Crippen LogP contribution in [0.4, 0.5) is 0 Å². The number of rotatable bonds is 14. The van der Waals surface area contributed by atoms with E-state index >= 15 is 0 Å². The normalized spacial score (nSPS) is 15.1. The smallest absolute Gasteiger partial charge is 0.363 e. The lowest BCUT2D eigenvalue weighted by atomic mass is 9.83. The minimum atomic E-state index is -0.829. The van der Waals surface area contributed by atoms with Crippen molar-refractivity contribution in [2.75, 3.05) is 26.7 Å². The molecule has 10 nitrogen and oxygen atoms in total. The van der Waals surface area contributed by atoms with Crippen molar-refractivity contribution in [2.24, 2.45) is 17.3 Å². The van der Waals surface area contributed by atoms with Crippen LogP contribution in [0, 0.1) is 17.3 Å². The summed E-state index contributed by atoms with van der Waals surface area (Å²) in [6, 6.07) is 14.5. The van der Waals surface area contributed by atoms with Gasteiger partial charge in [-0.15, -0.1) is 0 Å². The number of Topliss-reactive ketones (excluding diaryl/α,β-unsaturated/α-hetero) is 1. The first-order valence-corrected chi connectivity index (χ1v) is 15.2. The Bertz CT molecular complexity index is 1270. The lowest BCUT2D eigenvalue weighted by Crippen LogP contribution is -2.57. The molecule has 2 aromatic carbocycles. The number of nitrogens with zero attached hydrogens (tertiary/aromatic N) is 2. The zero-order valence-corrected chi connectivity index (χ0v) is 26.4. The molecule has 44 heavy (non-hydrogen) atoms. The van der Waals surface area contributed by atoms with Gasteiger partial charge < -0.3 is 19.8 Å². The molecule has 2 aromatic rings. The maximum atomic E-state index is 13.8. The fourth-order valence-electron chi connectivity index (χ4n) is 5.25. The van der Waals surface area contributed by atoms with E-state index in [1.807, 2.05) is 27.7 Å². The van der Waals surface area contributed by atoms with Crippen LogP contribution in [0.15, 0.2) is 54.6 Å². The molecule has 0 spiro atoms. The van der Waals surface area contributed by atoms with Gasteiger partial charge >= 0.3 is 5.97 Å². The molecule has 0 unspecified atom stereocenters. The van der Waals surface area contributed by atoms with Crippen LogP contribution in [0.2, 0.25) is 0 Å². The van der Waals surface area contributed by atoms with E-state index in [0.717, 1.165) is 11.5 Å². The molecule has 1 saturated heterocycles. The van der Waals surface area contributed by atoms with E-state index in [1.165, 1.54) is 0 Å². The summed E-state index contributed by atoms with van der Waals surface area (Å²) in [5, 5.41) is 3.80. The van der Waals surface area contributed by atoms with Crippen LogP contribution in [0.5, 0.6) is 5.75 Å². The van der Waals surface area contributed by atoms with Crippen molar-refractivity contribution in [3.05, 3.63) is 65.7 Å². The second kappa shape index (κ2) is 16.0. The van der Waals surface area contributed by atoms with Gasteiger partial charge in [0.2, 0.25) is 18.2 Å². The lowest BCUT2D eigenvalue weighted by molar-refractivity contribution is -0.158. The molecule has 1 fully saturated rings. The predicted molar refractivity (Wildman–Crippen MR) is 166 cm³/mol. The summed E-state index contributed by atoms with van der Waals surface area (Å²) < 4.78 is 5.18. The summed E-state index contributed by atoms with van der Waals surface area (Å²) in [4.78, 5) is 71.8. The third-order valence-electron chi connectivity index (χ3n) is 7.96. The van der Waals surface area contributed by atoms with Crippen molar-refractivity contribution in [2.45, 2.75) is 65.8 Å². The number of methoxy groups -OCH3 is 1. The Labute approximate surface area is 260 Å². The zero-order chi connectivity index (χ0) is 32.3.